The second kappa shape index (κ2) is 8.61. The molecular weight excluding hydrogens is 433 g/mol. The van der Waals surface area contributed by atoms with E-state index >= 15 is 0 Å². The van der Waals surface area contributed by atoms with Crippen molar-refractivity contribution in [3.8, 4) is 0 Å². The molecule has 1 aromatic carbocycles. The molecule has 1 amide bonds. The van der Waals surface area contributed by atoms with Crippen LogP contribution in [0.1, 0.15) is 52.8 Å². The van der Waals surface area contributed by atoms with Gasteiger partial charge in [0, 0.05) is 11.9 Å². The van der Waals surface area contributed by atoms with Crippen molar-refractivity contribution in [2.45, 2.75) is 33.0 Å². The van der Waals surface area contributed by atoms with Gasteiger partial charge in [0.2, 0.25) is 0 Å². The molecule has 0 spiro atoms. The Morgan fingerprint density at radius 3 is 2.67 bits per heavy atom. The Hall–Kier alpha value is -3.82. The minimum absolute atomic E-state index is 0.0479. The van der Waals surface area contributed by atoms with E-state index < -0.39 is 17.8 Å². The Labute approximate surface area is 188 Å². The smallest absolute Gasteiger partial charge is 0.342 e. The first kappa shape index (κ1) is 22.4. The van der Waals surface area contributed by atoms with E-state index in [0.717, 1.165) is 29.8 Å². The van der Waals surface area contributed by atoms with Crippen molar-refractivity contribution in [1.29, 1.82) is 0 Å². The van der Waals surface area contributed by atoms with Gasteiger partial charge in [-0.05, 0) is 55.1 Å². The van der Waals surface area contributed by atoms with Crippen LogP contribution in [-0.2, 0) is 6.18 Å². The Morgan fingerprint density at radius 2 is 1.97 bits per heavy atom. The molecule has 3 aromatic rings. The lowest BCUT2D eigenvalue weighted by atomic mass is 10.1. The summed E-state index contributed by atoms with van der Waals surface area (Å²) >= 11 is 0. The van der Waals surface area contributed by atoms with Gasteiger partial charge in [-0.15, -0.1) is 0 Å². The van der Waals surface area contributed by atoms with Crippen molar-refractivity contribution in [3.63, 3.8) is 0 Å². The molecule has 1 atom stereocenters. The Kier molecular flexibility index (Phi) is 5.84. The van der Waals surface area contributed by atoms with Crippen LogP contribution in [-0.4, -0.2) is 38.2 Å². The first-order chi connectivity index (χ1) is 15.7. The number of aromatic nitrogens is 3. The number of hydrogen-bond donors (Lipinski definition) is 2. The van der Waals surface area contributed by atoms with Gasteiger partial charge in [0.1, 0.15) is 11.9 Å². The van der Waals surface area contributed by atoms with Crippen LogP contribution in [0.2, 0.25) is 0 Å². The van der Waals surface area contributed by atoms with Crippen LogP contribution in [0.3, 0.4) is 0 Å². The molecular formula is C23H22F3N6O+. The number of nitrogens with zero attached hydrogens (tertiary/aromatic N) is 4. The lowest BCUT2D eigenvalue weighted by Gasteiger charge is -2.16. The zero-order valence-electron chi connectivity index (χ0n) is 18.2. The predicted octanol–water partition coefficient (Wildman–Crippen LogP) is 4.72. The fourth-order valence-corrected chi connectivity index (χ4v) is 3.53. The van der Waals surface area contributed by atoms with Crippen LogP contribution >= 0.6 is 0 Å². The largest absolute Gasteiger partial charge is 0.433 e. The average molecular weight is 455 g/mol. The summed E-state index contributed by atoms with van der Waals surface area (Å²) in [6.45, 7) is 6.08. The summed E-state index contributed by atoms with van der Waals surface area (Å²) in [5.74, 6) is 0.922. The van der Waals surface area contributed by atoms with Crippen molar-refractivity contribution < 1.29 is 22.5 Å². The van der Waals surface area contributed by atoms with Crippen molar-refractivity contribution >= 4 is 29.4 Å². The molecule has 7 nitrogen and oxygen atoms in total. The van der Waals surface area contributed by atoms with Crippen molar-refractivity contribution in [1.82, 2.24) is 15.0 Å². The number of carbonyl (C=O) groups is 1. The van der Waals surface area contributed by atoms with E-state index in [1.54, 1.807) is 24.4 Å². The summed E-state index contributed by atoms with van der Waals surface area (Å²) < 4.78 is 40.7. The fourth-order valence-electron chi connectivity index (χ4n) is 3.53. The summed E-state index contributed by atoms with van der Waals surface area (Å²) in [6, 6.07) is 8.23. The third-order valence-electron chi connectivity index (χ3n) is 5.29. The second-order valence-corrected chi connectivity index (χ2v) is 7.71. The quantitative estimate of drug-likeness (QED) is 0.526. The zero-order valence-corrected chi connectivity index (χ0v) is 18.2. The highest BCUT2D eigenvalue weighted by Crippen LogP contribution is 2.30. The molecule has 1 aliphatic rings. The number of carbonyl (C=O) groups excluding carboxylic acids is 1. The monoisotopic (exact) mass is 455 g/mol. The van der Waals surface area contributed by atoms with E-state index in [9.17, 15) is 18.0 Å². The number of pyridine rings is 1. The van der Waals surface area contributed by atoms with Gasteiger partial charge in [-0.1, -0.05) is 12.1 Å². The highest BCUT2D eigenvalue weighted by molar-refractivity contribution is 6.04. The van der Waals surface area contributed by atoms with Crippen molar-refractivity contribution in [2.75, 3.05) is 17.2 Å². The van der Waals surface area contributed by atoms with Gasteiger partial charge in [-0.3, -0.25) is 9.78 Å². The molecule has 2 N–H and O–H groups in total. The van der Waals surface area contributed by atoms with Gasteiger partial charge < -0.3 is 10.6 Å². The minimum atomic E-state index is -4.56. The van der Waals surface area contributed by atoms with E-state index in [1.165, 1.54) is 13.0 Å². The van der Waals surface area contributed by atoms with Gasteiger partial charge >= 0.3 is 12.0 Å². The molecule has 33 heavy (non-hydrogen) atoms. The summed E-state index contributed by atoms with van der Waals surface area (Å²) in [6.07, 6.45) is -0.0202. The molecule has 0 saturated carbocycles. The number of alkyl halides is 3. The summed E-state index contributed by atoms with van der Waals surface area (Å²) in [7, 11) is 0. The summed E-state index contributed by atoms with van der Waals surface area (Å²) in [5.41, 5.74) is 1.19. The number of halogens is 3. The SMILES string of the molecule is CC[N+]1=Cc2ncc(NC(C)c3cccc(NC(=O)c4cnc(C(F)(F)F)c(C)c4)c3)nc21. The van der Waals surface area contributed by atoms with Gasteiger partial charge in [0.05, 0.1) is 24.3 Å². The highest BCUT2D eigenvalue weighted by Gasteiger charge is 2.34. The fraction of sp³-hybridized carbons (Fsp3) is 0.261. The zero-order chi connectivity index (χ0) is 23.8. The number of anilines is 2. The number of fused-ring (bicyclic) bond motifs is 1. The van der Waals surface area contributed by atoms with Gasteiger partial charge in [-0.2, -0.15) is 13.2 Å². The maximum Gasteiger partial charge on any atom is 0.433 e. The average Bonchev–Trinajstić information content (AvgIpc) is 2.75. The third kappa shape index (κ3) is 4.69. The van der Waals surface area contributed by atoms with Crippen molar-refractivity contribution in [3.05, 3.63) is 70.8 Å². The Balaban J connectivity index is 1.45. The Morgan fingerprint density at radius 1 is 1.18 bits per heavy atom. The Bertz CT molecular complexity index is 1260. The van der Waals surface area contributed by atoms with Gasteiger partial charge in [0.25, 0.3) is 11.7 Å². The van der Waals surface area contributed by atoms with Crippen LogP contribution in [0.4, 0.5) is 30.5 Å². The molecule has 2 aromatic heterocycles. The molecule has 4 rings (SSSR count). The minimum Gasteiger partial charge on any atom is -0.342 e. The number of nitrogens with one attached hydrogen (secondary N) is 2. The maximum absolute atomic E-state index is 12.9. The van der Waals surface area contributed by atoms with Crippen molar-refractivity contribution in [2.24, 2.45) is 0 Å². The third-order valence-corrected chi connectivity index (χ3v) is 5.29. The number of aryl methyl sites for hydroxylation is 1. The molecule has 170 valence electrons. The van der Waals surface area contributed by atoms with Crippen LogP contribution in [0.25, 0.3) is 0 Å². The number of benzene rings is 1. The first-order valence-corrected chi connectivity index (χ1v) is 10.4. The summed E-state index contributed by atoms with van der Waals surface area (Å²) in [4.78, 5) is 24.9. The molecule has 1 unspecified atom stereocenters. The predicted molar refractivity (Wildman–Crippen MR) is 118 cm³/mol. The lowest BCUT2D eigenvalue weighted by molar-refractivity contribution is -0.447. The van der Waals surface area contributed by atoms with E-state index in [0.29, 0.717) is 11.5 Å². The van der Waals surface area contributed by atoms with Gasteiger partial charge in [-0.25, -0.2) is 9.56 Å². The number of amides is 1. The molecule has 0 aliphatic carbocycles. The highest BCUT2D eigenvalue weighted by atomic mass is 19.4. The molecule has 1 aliphatic heterocycles. The maximum atomic E-state index is 12.9. The van der Waals surface area contributed by atoms with Crippen LogP contribution in [0.15, 0.2) is 42.7 Å². The van der Waals surface area contributed by atoms with E-state index in [2.05, 4.69) is 25.6 Å². The molecule has 3 heterocycles. The second-order valence-electron chi connectivity index (χ2n) is 7.71. The molecule has 0 bridgehead atoms. The topological polar surface area (TPSA) is 82.8 Å². The lowest BCUT2D eigenvalue weighted by Crippen LogP contribution is -2.22. The molecule has 0 radical (unpaired) electrons. The standard InChI is InChI=1S/C23H21F3N6O/c1-4-32-12-18-21(32)31-19(11-27-18)29-14(3)15-6-5-7-17(9-15)30-22(33)16-8-13(2)20(28-10-16)23(24,25)26/h5-12,14H,4H2,1-3H3,(H,30,33)/p+1. The van der Waals surface area contributed by atoms with Crippen LogP contribution in [0, 0.1) is 6.92 Å². The first-order valence-electron chi connectivity index (χ1n) is 10.4. The normalized spacial score (nSPS) is 13.5. The van der Waals surface area contributed by atoms with E-state index in [1.807, 2.05) is 30.7 Å². The van der Waals surface area contributed by atoms with Crippen LogP contribution < -0.4 is 10.6 Å². The van der Waals surface area contributed by atoms with Gasteiger partial charge in [0.15, 0.2) is 5.69 Å². The molecule has 0 saturated heterocycles. The molecule has 0 fully saturated rings. The van der Waals surface area contributed by atoms with Crippen LogP contribution in [0.5, 0.6) is 0 Å². The molecule has 10 heteroatoms. The van der Waals surface area contributed by atoms with E-state index in [4.69, 9.17) is 0 Å². The summed E-state index contributed by atoms with van der Waals surface area (Å²) in [5, 5.41) is 6.02. The number of rotatable bonds is 6. The van der Waals surface area contributed by atoms with E-state index in [-0.39, 0.29) is 17.2 Å². The number of hydrogen-bond acceptors (Lipinski definition) is 5.